The highest BCUT2D eigenvalue weighted by atomic mass is 16.4. The highest BCUT2D eigenvalue weighted by molar-refractivity contribution is 5.94. The average Bonchev–Trinajstić information content (AvgIpc) is 2.31. The summed E-state index contributed by atoms with van der Waals surface area (Å²) in [6.07, 6.45) is -0.648. The average molecular weight is 260 g/mol. The Morgan fingerprint density at radius 3 is 2.39 bits per heavy atom. The van der Waals surface area contributed by atoms with Gasteiger partial charge in [-0.3, -0.25) is 9.59 Å². The molecule has 8 heteroatoms. The van der Waals surface area contributed by atoms with E-state index < -0.39 is 30.1 Å². The number of nitrogens with zero attached hydrogens (tertiary/aromatic N) is 1. The number of carboxylic acids is 1. The number of rotatable bonds is 7. The highest BCUT2D eigenvalue weighted by Gasteiger charge is 2.21. The van der Waals surface area contributed by atoms with E-state index in [0.717, 1.165) is 7.05 Å². The molecule has 0 saturated heterocycles. The molecule has 8 nitrogen and oxygen atoms in total. The van der Waals surface area contributed by atoms with Crippen molar-refractivity contribution < 1.29 is 24.6 Å². The number of carbonyl (C=O) groups is 3. The number of aliphatic carboxylic acids is 1. The molecular weight excluding hydrogens is 242 g/mol. The van der Waals surface area contributed by atoms with Crippen molar-refractivity contribution in [2.24, 2.45) is 5.73 Å². The summed E-state index contributed by atoms with van der Waals surface area (Å²) in [5.41, 5.74) is 5.29. The van der Waals surface area contributed by atoms with Crippen LogP contribution in [-0.2, 0) is 9.59 Å². The molecule has 1 radical (unpaired) electrons. The molecule has 0 aromatic heterocycles. The van der Waals surface area contributed by atoms with Gasteiger partial charge in [-0.15, -0.1) is 0 Å². The van der Waals surface area contributed by atoms with Gasteiger partial charge in [-0.25, -0.2) is 9.69 Å². The van der Waals surface area contributed by atoms with Gasteiger partial charge in [0.25, 0.3) is 0 Å². The molecule has 0 saturated carbocycles. The predicted molar refractivity (Wildman–Crippen MR) is 62.8 cm³/mol. The summed E-state index contributed by atoms with van der Waals surface area (Å²) in [4.78, 5) is 32.9. The van der Waals surface area contributed by atoms with E-state index in [0.29, 0.717) is 17.9 Å². The topological polar surface area (TPSA) is 133 Å². The zero-order chi connectivity index (χ0) is 14.3. The van der Waals surface area contributed by atoms with Gasteiger partial charge >= 0.3 is 12.1 Å². The van der Waals surface area contributed by atoms with Crippen LogP contribution in [0, 0.1) is 6.92 Å². The maximum Gasteiger partial charge on any atom is 0.413 e. The molecule has 0 aromatic rings. The molecule has 0 aliphatic heterocycles. The summed E-state index contributed by atoms with van der Waals surface area (Å²) in [6.45, 7) is 3.81. The Hall–Kier alpha value is -1.67. The Bertz CT molecular complexity index is 321. The van der Waals surface area contributed by atoms with Gasteiger partial charge in [-0.2, -0.15) is 0 Å². The fourth-order valence-corrected chi connectivity index (χ4v) is 1.14. The second-order valence-electron chi connectivity index (χ2n) is 3.77. The number of amides is 2. The van der Waals surface area contributed by atoms with Crippen molar-refractivity contribution in [2.75, 3.05) is 13.6 Å². The number of hydrogen-bond donors (Lipinski definition) is 4. The lowest BCUT2D eigenvalue weighted by molar-refractivity contribution is -0.138. The molecule has 0 spiro atoms. The molecule has 18 heavy (non-hydrogen) atoms. The molecule has 2 amide bonds. The fourth-order valence-electron chi connectivity index (χ4n) is 1.14. The Labute approximate surface area is 105 Å². The standard InChI is InChI=1S/C10H18N3O5/c1-6(8(14)13(2)10(17)18)12-5-3-4-7(11)9(15)16/h6-7,12H,1,3-5,11H2,2H3,(H,15,16)(H,17,18). The van der Waals surface area contributed by atoms with E-state index in [9.17, 15) is 14.4 Å². The Morgan fingerprint density at radius 2 is 1.94 bits per heavy atom. The second kappa shape index (κ2) is 7.62. The summed E-state index contributed by atoms with van der Waals surface area (Å²) >= 11 is 0. The summed E-state index contributed by atoms with van der Waals surface area (Å²) in [5.74, 6) is -1.76. The zero-order valence-electron chi connectivity index (χ0n) is 10.1. The largest absolute Gasteiger partial charge is 0.480 e. The number of likely N-dealkylation sites (N-methyl/N-ethyl adjacent to an activating group) is 1. The van der Waals surface area contributed by atoms with Crippen LogP contribution in [0.1, 0.15) is 12.8 Å². The molecular formula is C10H18N3O5. The Kier molecular flexibility index (Phi) is 6.91. The molecule has 5 N–H and O–H groups in total. The van der Waals surface area contributed by atoms with E-state index in [1.165, 1.54) is 0 Å². The van der Waals surface area contributed by atoms with Gasteiger partial charge in [0.1, 0.15) is 6.04 Å². The van der Waals surface area contributed by atoms with Crippen LogP contribution in [0.3, 0.4) is 0 Å². The van der Waals surface area contributed by atoms with Crippen molar-refractivity contribution in [1.29, 1.82) is 0 Å². The van der Waals surface area contributed by atoms with E-state index in [1.807, 2.05) is 0 Å². The number of nitrogens with two attached hydrogens (primary N) is 1. The molecule has 0 aliphatic rings. The first-order chi connectivity index (χ1) is 8.27. The van der Waals surface area contributed by atoms with Crippen LogP contribution in [0.4, 0.5) is 4.79 Å². The van der Waals surface area contributed by atoms with Crippen LogP contribution < -0.4 is 11.1 Å². The van der Waals surface area contributed by atoms with Gasteiger partial charge in [-0.1, -0.05) is 0 Å². The summed E-state index contributed by atoms with van der Waals surface area (Å²) in [7, 11) is 1.13. The Balaban J connectivity index is 3.90. The van der Waals surface area contributed by atoms with Gasteiger partial charge in [0.15, 0.2) is 0 Å². The van der Waals surface area contributed by atoms with Gasteiger partial charge < -0.3 is 21.3 Å². The third-order valence-corrected chi connectivity index (χ3v) is 2.32. The normalized spacial score (nSPS) is 13.7. The van der Waals surface area contributed by atoms with E-state index in [-0.39, 0.29) is 6.42 Å². The summed E-state index contributed by atoms with van der Waals surface area (Å²) < 4.78 is 0. The van der Waals surface area contributed by atoms with Crippen LogP contribution in [0.5, 0.6) is 0 Å². The van der Waals surface area contributed by atoms with Crippen LogP contribution in [0.15, 0.2) is 0 Å². The lowest BCUT2D eigenvalue weighted by Crippen LogP contribution is -2.45. The zero-order valence-corrected chi connectivity index (χ0v) is 10.1. The van der Waals surface area contributed by atoms with E-state index in [4.69, 9.17) is 15.9 Å². The van der Waals surface area contributed by atoms with E-state index in [1.54, 1.807) is 0 Å². The van der Waals surface area contributed by atoms with Gasteiger partial charge in [0.2, 0.25) is 5.91 Å². The molecule has 0 aromatic carbocycles. The maximum atomic E-state index is 11.4. The summed E-state index contributed by atoms with van der Waals surface area (Å²) in [5, 5.41) is 19.8. The van der Waals surface area contributed by atoms with Crippen molar-refractivity contribution in [3.8, 4) is 0 Å². The molecule has 103 valence electrons. The number of carbonyl (C=O) groups excluding carboxylic acids is 1. The smallest absolute Gasteiger partial charge is 0.413 e. The van der Waals surface area contributed by atoms with Gasteiger partial charge in [0, 0.05) is 7.05 Å². The van der Waals surface area contributed by atoms with Crippen LogP contribution in [0.25, 0.3) is 0 Å². The first-order valence-electron chi connectivity index (χ1n) is 5.32. The number of nitrogens with one attached hydrogen (secondary N) is 1. The van der Waals surface area contributed by atoms with Crippen molar-refractivity contribution in [3.05, 3.63) is 6.92 Å². The van der Waals surface area contributed by atoms with Gasteiger partial charge in [-0.05, 0) is 26.3 Å². The molecule has 2 unspecified atom stereocenters. The van der Waals surface area contributed by atoms with Crippen molar-refractivity contribution >= 4 is 18.0 Å². The van der Waals surface area contributed by atoms with Crippen LogP contribution in [0.2, 0.25) is 0 Å². The molecule has 0 rings (SSSR count). The molecule has 0 aliphatic carbocycles. The molecule has 0 fully saturated rings. The minimum Gasteiger partial charge on any atom is -0.480 e. The van der Waals surface area contributed by atoms with E-state index in [2.05, 4.69) is 12.2 Å². The highest BCUT2D eigenvalue weighted by Crippen LogP contribution is 1.96. The van der Waals surface area contributed by atoms with Crippen LogP contribution >= 0.6 is 0 Å². The first-order valence-corrected chi connectivity index (χ1v) is 5.32. The first kappa shape index (κ1) is 16.3. The number of hydrogen-bond acceptors (Lipinski definition) is 5. The van der Waals surface area contributed by atoms with Crippen LogP contribution in [-0.4, -0.2) is 58.8 Å². The van der Waals surface area contributed by atoms with Crippen molar-refractivity contribution in [2.45, 2.75) is 24.9 Å². The van der Waals surface area contributed by atoms with E-state index >= 15 is 0 Å². The number of carboxylic acid groups (broad SMARTS) is 2. The lowest BCUT2D eigenvalue weighted by atomic mass is 10.1. The SMILES string of the molecule is [CH2]C(NCCCC(N)C(=O)O)C(=O)N(C)C(=O)O. The Morgan fingerprint density at radius 1 is 1.39 bits per heavy atom. The van der Waals surface area contributed by atoms with Crippen molar-refractivity contribution in [3.63, 3.8) is 0 Å². The van der Waals surface area contributed by atoms with Gasteiger partial charge in [0.05, 0.1) is 6.04 Å². The monoisotopic (exact) mass is 260 g/mol. The lowest BCUT2D eigenvalue weighted by Gasteiger charge is -2.18. The maximum absolute atomic E-state index is 11.4. The minimum atomic E-state index is -1.36. The fraction of sp³-hybridized carbons (Fsp3) is 0.600. The third-order valence-electron chi connectivity index (χ3n) is 2.32. The number of imide groups is 1. The quantitative estimate of drug-likeness (QED) is 0.436. The summed E-state index contributed by atoms with van der Waals surface area (Å²) in [6, 6.07) is -1.83. The minimum absolute atomic E-state index is 0.262. The third kappa shape index (κ3) is 5.60. The van der Waals surface area contributed by atoms with Crippen molar-refractivity contribution in [1.82, 2.24) is 10.2 Å². The second-order valence-corrected chi connectivity index (χ2v) is 3.77. The molecule has 2 atom stereocenters. The molecule has 0 heterocycles. The molecule has 0 bridgehead atoms. The predicted octanol–water partition coefficient (Wildman–Crippen LogP) is -0.893.